The Morgan fingerprint density at radius 1 is 1.24 bits per heavy atom. The summed E-state index contributed by atoms with van der Waals surface area (Å²) in [6.07, 6.45) is 0.590. The van der Waals surface area contributed by atoms with Crippen molar-refractivity contribution in [2.24, 2.45) is 5.73 Å². The largest absolute Gasteiger partial charge is 0.388 e. The van der Waals surface area contributed by atoms with Crippen LogP contribution in [0.3, 0.4) is 0 Å². The lowest BCUT2D eigenvalue weighted by Crippen LogP contribution is -2.12. The molecule has 0 bridgehead atoms. The molecule has 4 heteroatoms. The van der Waals surface area contributed by atoms with Crippen LogP contribution in [0.15, 0.2) is 52.1 Å². The van der Waals surface area contributed by atoms with Gasteiger partial charge >= 0.3 is 0 Å². The van der Waals surface area contributed by atoms with Gasteiger partial charge in [-0.15, -0.1) is 23.1 Å². The summed E-state index contributed by atoms with van der Waals surface area (Å²) in [5.41, 5.74) is 6.76. The number of thioether (sulfide) groups is 1. The van der Waals surface area contributed by atoms with Crippen molar-refractivity contribution in [2.75, 3.05) is 0 Å². The molecule has 0 saturated carbocycles. The van der Waals surface area contributed by atoms with Gasteiger partial charge in [0.1, 0.15) is 0 Å². The van der Waals surface area contributed by atoms with E-state index in [9.17, 15) is 0 Å². The molecule has 0 aliphatic heterocycles. The third-order valence-corrected chi connectivity index (χ3v) is 4.66. The molecule has 3 N–H and O–H groups in total. The molecule has 1 unspecified atom stereocenters. The lowest BCUT2D eigenvalue weighted by molar-refractivity contribution is 0.987. The predicted molar refractivity (Wildman–Crippen MR) is 75.9 cm³/mol. The van der Waals surface area contributed by atoms with Gasteiger partial charge in [0.05, 0.1) is 10.0 Å². The van der Waals surface area contributed by atoms with Crippen LogP contribution in [0.25, 0.3) is 0 Å². The van der Waals surface area contributed by atoms with E-state index in [2.05, 4.69) is 23.6 Å². The van der Waals surface area contributed by atoms with Crippen LogP contribution >= 0.6 is 23.1 Å². The van der Waals surface area contributed by atoms with Crippen LogP contribution in [-0.2, 0) is 0 Å². The Labute approximate surface area is 109 Å². The summed E-state index contributed by atoms with van der Waals surface area (Å²) in [5.74, 6) is 0.239. The summed E-state index contributed by atoms with van der Waals surface area (Å²) in [4.78, 5) is 0. The first-order valence-electron chi connectivity index (χ1n) is 5.33. The fourth-order valence-corrected chi connectivity index (χ4v) is 3.75. The summed E-state index contributed by atoms with van der Waals surface area (Å²) in [6, 6.07) is 14.4. The standard InChI is InChI=1S/C13H14N2S2/c14-12(15)9-11(10-5-2-1-3-6-10)17-13-7-4-8-16-13/h1-8,11H,9H2,(H3,14,15). The van der Waals surface area contributed by atoms with Crippen molar-refractivity contribution in [3.05, 3.63) is 53.4 Å². The van der Waals surface area contributed by atoms with Crippen LogP contribution in [0.5, 0.6) is 0 Å². The molecule has 2 rings (SSSR count). The third-order valence-electron chi connectivity index (χ3n) is 2.33. The van der Waals surface area contributed by atoms with E-state index in [4.69, 9.17) is 11.1 Å². The van der Waals surface area contributed by atoms with Crippen LogP contribution in [0, 0.1) is 5.41 Å². The molecule has 0 fully saturated rings. The molecule has 0 spiro atoms. The van der Waals surface area contributed by atoms with Crippen LogP contribution in [0.4, 0.5) is 0 Å². The summed E-state index contributed by atoms with van der Waals surface area (Å²) in [7, 11) is 0. The first kappa shape index (κ1) is 12.2. The zero-order valence-corrected chi connectivity index (χ0v) is 10.9. The van der Waals surface area contributed by atoms with E-state index in [1.807, 2.05) is 24.3 Å². The Morgan fingerprint density at radius 2 is 2.00 bits per heavy atom. The molecule has 0 aliphatic rings. The highest BCUT2D eigenvalue weighted by molar-refractivity contribution is 8.01. The number of rotatable bonds is 5. The quantitative estimate of drug-likeness (QED) is 0.487. The molecule has 0 aliphatic carbocycles. The van der Waals surface area contributed by atoms with Crippen LogP contribution in [0.2, 0.25) is 0 Å². The molecule has 1 heterocycles. The molecular formula is C13H14N2S2. The van der Waals surface area contributed by atoms with Crippen molar-refractivity contribution in [2.45, 2.75) is 15.9 Å². The molecule has 17 heavy (non-hydrogen) atoms. The zero-order chi connectivity index (χ0) is 12.1. The van der Waals surface area contributed by atoms with E-state index in [1.165, 1.54) is 9.77 Å². The Hall–Kier alpha value is -1.26. The second kappa shape index (κ2) is 5.89. The Kier molecular flexibility index (Phi) is 4.23. The first-order valence-corrected chi connectivity index (χ1v) is 7.09. The Bertz CT molecular complexity index is 465. The topological polar surface area (TPSA) is 49.9 Å². The van der Waals surface area contributed by atoms with Gasteiger partial charge in [-0.25, -0.2) is 0 Å². The number of nitrogens with two attached hydrogens (primary N) is 1. The average Bonchev–Trinajstić information content (AvgIpc) is 2.82. The number of nitrogens with one attached hydrogen (secondary N) is 1. The monoisotopic (exact) mass is 262 g/mol. The number of thiophene rings is 1. The molecule has 0 radical (unpaired) electrons. The van der Waals surface area contributed by atoms with Gasteiger partial charge in [0.25, 0.3) is 0 Å². The van der Waals surface area contributed by atoms with E-state index in [-0.39, 0.29) is 11.1 Å². The average molecular weight is 262 g/mol. The van der Waals surface area contributed by atoms with Crippen molar-refractivity contribution in [3.63, 3.8) is 0 Å². The SMILES string of the molecule is N=C(N)CC(Sc1cccs1)c1ccccc1. The van der Waals surface area contributed by atoms with Crippen molar-refractivity contribution in [1.82, 2.24) is 0 Å². The van der Waals surface area contributed by atoms with Crippen molar-refractivity contribution in [3.8, 4) is 0 Å². The van der Waals surface area contributed by atoms with Gasteiger partial charge in [0.15, 0.2) is 0 Å². The zero-order valence-electron chi connectivity index (χ0n) is 9.30. The van der Waals surface area contributed by atoms with Gasteiger partial charge in [-0.1, -0.05) is 36.4 Å². The van der Waals surface area contributed by atoms with Crippen molar-refractivity contribution in [1.29, 1.82) is 5.41 Å². The maximum absolute atomic E-state index is 7.47. The highest BCUT2D eigenvalue weighted by Gasteiger charge is 2.14. The van der Waals surface area contributed by atoms with Gasteiger partial charge in [-0.05, 0) is 17.0 Å². The number of hydrogen-bond donors (Lipinski definition) is 2. The molecule has 1 atom stereocenters. The summed E-state index contributed by atoms with van der Waals surface area (Å²) in [5, 5.41) is 9.77. The maximum Gasteiger partial charge on any atom is 0.0920 e. The van der Waals surface area contributed by atoms with E-state index < -0.39 is 0 Å². The fourth-order valence-electron chi connectivity index (χ4n) is 1.57. The number of hydrogen-bond acceptors (Lipinski definition) is 3. The molecule has 1 aromatic heterocycles. The smallest absolute Gasteiger partial charge is 0.0920 e. The summed E-state index contributed by atoms with van der Waals surface area (Å²) < 4.78 is 1.26. The minimum atomic E-state index is 0.229. The van der Waals surface area contributed by atoms with Gasteiger partial charge < -0.3 is 5.73 Å². The summed E-state index contributed by atoms with van der Waals surface area (Å²) >= 11 is 3.50. The molecule has 2 aromatic rings. The van der Waals surface area contributed by atoms with Crippen LogP contribution < -0.4 is 5.73 Å². The lowest BCUT2D eigenvalue weighted by atomic mass is 10.1. The van der Waals surface area contributed by atoms with E-state index in [1.54, 1.807) is 23.1 Å². The van der Waals surface area contributed by atoms with Gasteiger partial charge in [-0.2, -0.15) is 0 Å². The van der Waals surface area contributed by atoms with Crippen molar-refractivity contribution >= 4 is 28.9 Å². The number of amidine groups is 1. The summed E-state index contributed by atoms with van der Waals surface area (Å²) in [6.45, 7) is 0. The Balaban J connectivity index is 2.16. The predicted octanol–water partition coefficient (Wildman–Crippen LogP) is 3.91. The number of benzene rings is 1. The van der Waals surface area contributed by atoms with Gasteiger partial charge in [0.2, 0.25) is 0 Å². The van der Waals surface area contributed by atoms with E-state index in [0.29, 0.717) is 6.42 Å². The molecule has 1 aromatic carbocycles. The molecule has 88 valence electrons. The minimum Gasteiger partial charge on any atom is -0.388 e. The fraction of sp³-hybridized carbons (Fsp3) is 0.154. The lowest BCUT2D eigenvalue weighted by Gasteiger charge is -2.15. The molecular weight excluding hydrogens is 248 g/mol. The first-order chi connectivity index (χ1) is 8.25. The minimum absolute atomic E-state index is 0.229. The highest BCUT2D eigenvalue weighted by Crippen LogP contribution is 2.39. The third kappa shape index (κ3) is 3.61. The van der Waals surface area contributed by atoms with Crippen LogP contribution in [-0.4, -0.2) is 5.84 Å². The van der Waals surface area contributed by atoms with Gasteiger partial charge in [-0.3, -0.25) is 5.41 Å². The second-order valence-corrected chi connectivity index (χ2v) is 6.13. The Morgan fingerprint density at radius 3 is 2.59 bits per heavy atom. The van der Waals surface area contributed by atoms with E-state index >= 15 is 0 Å². The maximum atomic E-state index is 7.47. The second-order valence-electron chi connectivity index (χ2n) is 3.68. The van der Waals surface area contributed by atoms with Crippen LogP contribution in [0.1, 0.15) is 17.2 Å². The normalized spacial score (nSPS) is 12.2. The van der Waals surface area contributed by atoms with E-state index in [0.717, 1.165) is 0 Å². The van der Waals surface area contributed by atoms with Crippen molar-refractivity contribution < 1.29 is 0 Å². The molecule has 2 nitrogen and oxygen atoms in total. The molecule has 0 amide bonds. The molecule has 0 saturated heterocycles. The van der Waals surface area contributed by atoms with Gasteiger partial charge in [0, 0.05) is 11.7 Å². The highest BCUT2D eigenvalue weighted by atomic mass is 32.2.